The van der Waals surface area contributed by atoms with Crippen molar-refractivity contribution in [2.24, 2.45) is 0 Å². The molecule has 0 heterocycles. The highest BCUT2D eigenvalue weighted by Gasteiger charge is 2.11. The number of aromatic carboxylic acids is 1. The molecule has 0 spiro atoms. The van der Waals surface area contributed by atoms with Gasteiger partial charge in [0.25, 0.3) is 0 Å². The molecule has 28 heavy (non-hydrogen) atoms. The van der Waals surface area contributed by atoms with Crippen LogP contribution in [0.3, 0.4) is 0 Å². The van der Waals surface area contributed by atoms with Crippen molar-refractivity contribution in [3.63, 3.8) is 0 Å². The normalized spacial score (nSPS) is 10.4. The third kappa shape index (κ3) is 4.31. The number of methoxy groups -OCH3 is 1. The summed E-state index contributed by atoms with van der Waals surface area (Å²) < 4.78 is 5.63. The molecule has 0 aliphatic carbocycles. The maximum Gasteiger partial charge on any atom is 0.335 e. The fourth-order valence-electron chi connectivity index (χ4n) is 2.96. The predicted molar refractivity (Wildman–Crippen MR) is 112 cm³/mol. The first kappa shape index (κ1) is 19.0. The Morgan fingerprint density at radius 3 is 2.36 bits per heavy atom. The summed E-state index contributed by atoms with van der Waals surface area (Å²) in [5.74, 6) is 5.92. The van der Waals surface area contributed by atoms with E-state index >= 15 is 0 Å². The Balaban J connectivity index is 1.93. The van der Waals surface area contributed by atoms with Crippen LogP contribution in [0, 0.1) is 18.8 Å². The van der Waals surface area contributed by atoms with E-state index in [1.165, 1.54) is 0 Å². The van der Waals surface area contributed by atoms with E-state index in [2.05, 4.69) is 30.0 Å². The van der Waals surface area contributed by atoms with Crippen molar-refractivity contribution in [3.05, 3.63) is 95.1 Å². The van der Waals surface area contributed by atoms with Crippen LogP contribution in [0.15, 0.2) is 72.8 Å². The molecule has 0 aliphatic heterocycles. The number of benzene rings is 3. The summed E-state index contributed by atoms with van der Waals surface area (Å²) in [6, 6.07) is 20.8. The maximum atomic E-state index is 10.9. The maximum absolute atomic E-state index is 10.9. The van der Waals surface area contributed by atoms with E-state index in [4.69, 9.17) is 9.84 Å². The van der Waals surface area contributed by atoms with E-state index < -0.39 is 5.97 Å². The van der Waals surface area contributed by atoms with Crippen LogP contribution in [0.4, 0.5) is 0 Å². The van der Waals surface area contributed by atoms with Gasteiger partial charge in [0.1, 0.15) is 5.75 Å². The van der Waals surface area contributed by atoms with E-state index in [9.17, 15) is 4.79 Å². The highest BCUT2D eigenvalue weighted by molar-refractivity contribution is 5.87. The number of ether oxygens (including phenoxy) is 1. The molecule has 0 fully saturated rings. The van der Waals surface area contributed by atoms with Gasteiger partial charge in [-0.1, -0.05) is 54.3 Å². The van der Waals surface area contributed by atoms with Gasteiger partial charge >= 0.3 is 5.97 Å². The third-order valence-electron chi connectivity index (χ3n) is 4.36. The molecule has 3 aromatic carbocycles. The Labute approximate surface area is 164 Å². The lowest BCUT2D eigenvalue weighted by atomic mass is 9.96. The minimum absolute atomic E-state index is 0.248. The zero-order valence-electron chi connectivity index (χ0n) is 15.8. The van der Waals surface area contributed by atoms with E-state index in [1.54, 1.807) is 37.5 Å². The number of carbonyl (C=O) groups is 1. The smallest absolute Gasteiger partial charge is 0.335 e. The lowest BCUT2D eigenvalue weighted by Crippen LogP contribution is -1.94. The fourth-order valence-corrected chi connectivity index (χ4v) is 2.96. The summed E-state index contributed by atoms with van der Waals surface area (Å²) in [6.45, 7) is 2.01. The molecule has 0 unspecified atom stereocenters. The summed E-state index contributed by atoms with van der Waals surface area (Å²) in [6.07, 6.45) is 3.74. The van der Waals surface area contributed by atoms with Gasteiger partial charge < -0.3 is 9.84 Å². The summed E-state index contributed by atoms with van der Waals surface area (Å²) in [4.78, 5) is 10.9. The standard InChI is InChI=1S/C25H20O3/c1-18-12-17-22(20-9-4-3-5-10-20)23(24(18)28-2)11-7-6-8-19-13-15-21(16-14-19)25(26)27/h3-5,7,9-17H,1-2H3,(H,26,27). The van der Waals surface area contributed by atoms with Crippen molar-refractivity contribution in [1.82, 2.24) is 0 Å². The first-order valence-corrected chi connectivity index (χ1v) is 8.84. The SMILES string of the molecule is COc1c(C)ccc(-c2ccccc2)c1C=CC#Cc1ccc(C(=O)O)cc1. The largest absolute Gasteiger partial charge is 0.496 e. The average molecular weight is 368 g/mol. The van der Waals surface area contributed by atoms with E-state index in [-0.39, 0.29) is 5.56 Å². The van der Waals surface area contributed by atoms with E-state index in [0.29, 0.717) is 0 Å². The monoisotopic (exact) mass is 368 g/mol. The molecular formula is C25H20O3. The topological polar surface area (TPSA) is 46.5 Å². The Bertz CT molecular complexity index is 1070. The minimum Gasteiger partial charge on any atom is -0.496 e. The molecule has 3 aromatic rings. The number of hydrogen-bond donors (Lipinski definition) is 1. The summed E-state index contributed by atoms with van der Waals surface area (Å²) in [7, 11) is 1.67. The Hall–Kier alpha value is -3.77. The second-order valence-electron chi connectivity index (χ2n) is 6.23. The number of aryl methyl sites for hydroxylation is 1. The fraction of sp³-hybridized carbons (Fsp3) is 0.0800. The van der Waals surface area contributed by atoms with Crippen LogP contribution in [-0.4, -0.2) is 18.2 Å². The van der Waals surface area contributed by atoms with Gasteiger partial charge in [0.2, 0.25) is 0 Å². The van der Waals surface area contributed by atoms with Crippen LogP contribution in [0.1, 0.15) is 27.0 Å². The molecule has 3 heteroatoms. The molecule has 0 aliphatic rings. The first-order chi connectivity index (χ1) is 13.6. The molecule has 1 N–H and O–H groups in total. The predicted octanol–water partition coefficient (Wildman–Crippen LogP) is 5.43. The molecule has 3 rings (SSSR count). The zero-order valence-corrected chi connectivity index (χ0v) is 15.8. The number of allylic oxidation sites excluding steroid dienone is 1. The van der Waals surface area contributed by atoms with Crippen LogP contribution < -0.4 is 4.74 Å². The molecule has 0 bridgehead atoms. The molecule has 0 saturated carbocycles. The summed E-state index contributed by atoms with van der Waals surface area (Å²) >= 11 is 0. The van der Waals surface area contributed by atoms with Gasteiger partial charge in [-0.2, -0.15) is 0 Å². The second kappa shape index (κ2) is 8.75. The molecule has 0 saturated heterocycles. The molecule has 0 amide bonds. The van der Waals surface area contributed by atoms with E-state index in [0.717, 1.165) is 33.6 Å². The number of hydrogen-bond acceptors (Lipinski definition) is 2. The van der Waals surface area contributed by atoms with Gasteiger partial charge in [-0.05, 0) is 60.0 Å². The van der Waals surface area contributed by atoms with Gasteiger partial charge in [-0.25, -0.2) is 4.79 Å². The van der Waals surface area contributed by atoms with Gasteiger partial charge in [0, 0.05) is 11.1 Å². The van der Waals surface area contributed by atoms with Crippen LogP contribution in [0.2, 0.25) is 0 Å². The van der Waals surface area contributed by atoms with Crippen molar-refractivity contribution >= 4 is 12.0 Å². The van der Waals surface area contributed by atoms with Gasteiger partial charge in [-0.3, -0.25) is 0 Å². The number of carboxylic acid groups (broad SMARTS) is 1. The number of rotatable bonds is 4. The number of carboxylic acids is 1. The van der Waals surface area contributed by atoms with Crippen LogP contribution >= 0.6 is 0 Å². The highest BCUT2D eigenvalue weighted by atomic mass is 16.5. The first-order valence-electron chi connectivity index (χ1n) is 8.84. The van der Waals surface area contributed by atoms with E-state index in [1.807, 2.05) is 37.3 Å². The molecule has 0 aromatic heterocycles. The zero-order chi connectivity index (χ0) is 19.9. The molecule has 3 nitrogen and oxygen atoms in total. The minimum atomic E-state index is -0.945. The lowest BCUT2D eigenvalue weighted by molar-refractivity contribution is 0.0697. The second-order valence-corrected chi connectivity index (χ2v) is 6.23. The molecule has 0 radical (unpaired) electrons. The summed E-state index contributed by atoms with van der Waals surface area (Å²) in [5.41, 5.74) is 5.22. The average Bonchev–Trinajstić information content (AvgIpc) is 2.72. The third-order valence-corrected chi connectivity index (χ3v) is 4.36. The van der Waals surface area contributed by atoms with Gasteiger partial charge in [0.05, 0.1) is 12.7 Å². The Morgan fingerprint density at radius 2 is 1.71 bits per heavy atom. The lowest BCUT2D eigenvalue weighted by Gasteiger charge is -2.13. The van der Waals surface area contributed by atoms with Crippen molar-refractivity contribution in [1.29, 1.82) is 0 Å². The van der Waals surface area contributed by atoms with Gasteiger partial charge in [-0.15, -0.1) is 0 Å². The van der Waals surface area contributed by atoms with Crippen molar-refractivity contribution in [2.45, 2.75) is 6.92 Å². The summed E-state index contributed by atoms with van der Waals surface area (Å²) in [5, 5.41) is 8.95. The van der Waals surface area contributed by atoms with Gasteiger partial charge in [0.15, 0.2) is 0 Å². The quantitative estimate of drug-likeness (QED) is 0.624. The molecule has 0 atom stereocenters. The molecular weight excluding hydrogens is 348 g/mol. The van der Waals surface area contributed by atoms with Crippen LogP contribution in [-0.2, 0) is 0 Å². The Morgan fingerprint density at radius 1 is 1.00 bits per heavy atom. The Kier molecular flexibility index (Phi) is 5.94. The van der Waals surface area contributed by atoms with Crippen LogP contribution in [0.5, 0.6) is 5.75 Å². The van der Waals surface area contributed by atoms with Crippen molar-refractivity contribution in [3.8, 4) is 28.7 Å². The van der Waals surface area contributed by atoms with Crippen LogP contribution in [0.25, 0.3) is 17.2 Å². The molecule has 138 valence electrons. The van der Waals surface area contributed by atoms with Crippen molar-refractivity contribution < 1.29 is 14.6 Å². The highest BCUT2D eigenvalue weighted by Crippen LogP contribution is 2.34. The van der Waals surface area contributed by atoms with Crippen molar-refractivity contribution in [2.75, 3.05) is 7.11 Å².